The predicted octanol–water partition coefficient (Wildman–Crippen LogP) is 4.09. The summed E-state index contributed by atoms with van der Waals surface area (Å²) in [7, 11) is 1.58. The molecule has 1 aliphatic carbocycles. The van der Waals surface area contributed by atoms with Gasteiger partial charge in [-0.05, 0) is 50.6 Å². The molecule has 0 heterocycles. The molecular formula is C24H27NO4. The molecule has 0 saturated heterocycles. The highest BCUT2D eigenvalue weighted by atomic mass is 16.5. The number of hydrogen-bond donors (Lipinski definition) is 2. The van der Waals surface area contributed by atoms with Crippen LogP contribution in [0, 0.1) is 5.92 Å². The molecule has 5 nitrogen and oxygen atoms in total. The van der Waals surface area contributed by atoms with Crippen molar-refractivity contribution in [1.29, 1.82) is 0 Å². The second-order valence-corrected chi connectivity index (χ2v) is 7.81. The van der Waals surface area contributed by atoms with Crippen LogP contribution >= 0.6 is 0 Å². The van der Waals surface area contributed by atoms with Crippen LogP contribution in [0.15, 0.2) is 65.9 Å². The Labute approximate surface area is 171 Å². The van der Waals surface area contributed by atoms with E-state index in [9.17, 15) is 14.7 Å². The Morgan fingerprint density at radius 1 is 1.07 bits per heavy atom. The molecule has 1 aliphatic rings. The van der Waals surface area contributed by atoms with Crippen LogP contribution in [0.3, 0.4) is 0 Å². The summed E-state index contributed by atoms with van der Waals surface area (Å²) in [6.07, 6.45) is 0.188. The van der Waals surface area contributed by atoms with E-state index in [1.807, 2.05) is 42.5 Å². The van der Waals surface area contributed by atoms with Crippen molar-refractivity contribution in [2.75, 3.05) is 12.4 Å². The second-order valence-electron chi connectivity index (χ2n) is 7.81. The van der Waals surface area contributed by atoms with Gasteiger partial charge in [0.25, 0.3) is 0 Å². The first-order valence-electron chi connectivity index (χ1n) is 9.67. The first kappa shape index (κ1) is 20.8. The number of ketones is 2. The Kier molecular flexibility index (Phi) is 5.89. The Hall–Kier alpha value is -2.92. The number of carbonyl (C=O) groups excluding carboxylic acids is 2. The molecule has 0 aliphatic heterocycles. The van der Waals surface area contributed by atoms with Crippen LogP contribution in [0.1, 0.15) is 38.7 Å². The number of methoxy groups -OCH3 is 1. The van der Waals surface area contributed by atoms with Gasteiger partial charge in [0, 0.05) is 29.3 Å². The molecule has 0 unspecified atom stereocenters. The van der Waals surface area contributed by atoms with Gasteiger partial charge < -0.3 is 15.2 Å². The van der Waals surface area contributed by atoms with Crippen LogP contribution in [0.4, 0.5) is 5.69 Å². The van der Waals surface area contributed by atoms with Crippen molar-refractivity contribution in [1.82, 2.24) is 0 Å². The topological polar surface area (TPSA) is 75.6 Å². The van der Waals surface area contributed by atoms with Crippen molar-refractivity contribution in [3.63, 3.8) is 0 Å². The van der Waals surface area contributed by atoms with Gasteiger partial charge in [-0.3, -0.25) is 9.59 Å². The third-order valence-corrected chi connectivity index (χ3v) is 5.54. The van der Waals surface area contributed by atoms with E-state index in [0.29, 0.717) is 17.0 Å². The minimum absolute atomic E-state index is 0.119. The van der Waals surface area contributed by atoms with E-state index < -0.39 is 17.4 Å². The molecule has 2 aromatic rings. The van der Waals surface area contributed by atoms with E-state index >= 15 is 0 Å². The van der Waals surface area contributed by atoms with Crippen LogP contribution in [0.25, 0.3) is 0 Å². The first-order valence-corrected chi connectivity index (χ1v) is 9.67. The third-order valence-electron chi connectivity index (χ3n) is 5.54. The summed E-state index contributed by atoms with van der Waals surface area (Å²) in [6.45, 7) is 4.65. The van der Waals surface area contributed by atoms with Gasteiger partial charge in [-0.2, -0.15) is 0 Å². The fourth-order valence-electron chi connectivity index (χ4n) is 4.36. The summed E-state index contributed by atoms with van der Waals surface area (Å²) in [5, 5.41) is 14.6. The standard InChI is InChI=1S/C24H27NO4/c1-15(26)21-20(25-18-8-6-5-7-9-18)14-24(3,28)23(16(2)27)22(21)17-10-12-19(29-4)13-11-17/h5-13,22-23,25,28H,14H2,1-4H3/t22-,23+,24-/m0/s1. The Morgan fingerprint density at radius 2 is 1.69 bits per heavy atom. The minimum Gasteiger partial charge on any atom is -0.497 e. The highest BCUT2D eigenvalue weighted by Gasteiger charge is 2.49. The zero-order chi connectivity index (χ0) is 21.2. The molecule has 0 spiro atoms. The van der Waals surface area contributed by atoms with Crippen molar-refractivity contribution in [3.8, 4) is 5.75 Å². The summed E-state index contributed by atoms with van der Waals surface area (Å²) < 4.78 is 5.24. The van der Waals surface area contributed by atoms with Gasteiger partial charge >= 0.3 is 0 Å². The number of para-hydroxylation sites is 1. The monoisotopic (exact) mass is 393 g/mol. The smallest absolute Gasteiger partial charge is 0.158 e. The molecule has 29 heavy (non-hydrogen) atoms. The maximum atomic E-state index is 12.8. The van der Waals surface area contributed by atoms with Crippen LogP contribution in [0.5, 0.6) is 5.75 Å². The van der Waals surface area contributed by atoms with Crippen molar-refractivity contribution in [3.05, 3.63) is 71.4 Å². The van der Waals surface area contributed by atoms with Gasteiger partial charge in [-0.25, -0.2) is 0 Å². The second kappa shape index (κ2) is 8.21. The van der Waals surface area contributed by atoms with E-state index in [2.05, 4.69) is 5.32 Å². The summed E-state index contributed by atoms with van der Waals surface area (Å²) in [5.41, 5.74) is 1.50. The maximum absolute atomic E-state index is 12.8. The van der Waals surface area contributed by atoms with Gasteiger partial charge in [0.05, 0.1) is 18.6 Å². The van der Waals surface area contributed by atoms with Crippen LogP contribution in [0.2, 0.25) is 0 Å². The summed E-state index contributed by atoms with van der Waals surface area (Å²) in [4.78, 5) is 25.4. The van der Waals surface area contributed by atoms with E-state index in [4.69, 9.17) is 4.74 Å². The van der Waals surface area contributed by atoms with Gasteiger partial charge in [0.1, 0.15) is 11.5 Å². The highest BCUT2D eigenvalue weighted by molar-refractivity contribution is 5.98. The number of benzene rings is 2. The van der Waals surface area contributed by atoms with E-state index in [1.165, 1.54) is 13.8 Å². The van der Waals surface area contributed by atoms with Gasteiger partial charge in [-0.1, -0.05) is 30.3 Å². The molecule has 5 heteroatoms. The van der Waals surface area contributed by atoms with Crippen molar-refractivity contribution in [2.24, 2.45) is 5.92 Å². The number of allylic oxidation sites excluding steroid dienone is 1. The van der Waals surface area contributed by atoms with Crippen molar-refractivity contribution >= 4 is 17.3 Å². The molecule has 152 valence electrons. The number of Topliss-reactive ketones (excluding diaryl/α,β-unsaturated/α-hetero) is 2. The normalized spacial score (nSPS) is 24.2. The average molecular weight is 393 g/mol. The lowest BCUT2D eigenvalue weighted by Gasteiger charge is -2.43. The maximum Gasteiger partial charge on any atom is 0.158 e. The molecule has 0 amide bonds. The number of rotatable bonds is 6. The number of carbonyl (C=O) groups is 2. The van der Waals surface area contributed by atoms with E-state index in [1.54, 1.807) is 26.2 Å². The van der Waals surface area contributed by atoms with Crippen LogP contribution < -0.4 is 10.1 Å². The fraction of sp³-hybridized carbons (Fsp3) is 0.333. The van der Waals surface area contributed by atoms with Gasteiger partial charge in [0.15, 0.2) is 5.78 Å². The number of hydrogen-bond acceptors (Lipinski definition) is 5. The molecule has 0 radical (unpaired) electrons. The first-order chi connectivity index (χ1) is 13.7. The largest absolute Gasteiger partial charge is 0.497 e. The Bertz CT molecular complexity index is 929. The molecule has 0 fully saturated rings. The predicted molar refractivity (Wildman–Crippen MR) is 113 cm³/mol. The van der Waals surface area contributed by atoms with Crippen LogP contribution in [-0.4, -0.2) is 29.4 Å². The molecule has 2 N–H and O–H groups in total. The Morgan fingerprint density at radius 3 is 2.21 bits per heavy atom. The molecule has 2 aromatic carbocycles. The lowest BCUT2D eigenvalue weighted by molar-refractivity contribution is -0.131. The molecular weight excluding hydrogens is 366 g/mol. The molecule has 3 atom stereocenters. The summed E-state index contributed by atoms with van der Waals surface area (Å²) in [6, 6.07) is 16.8. The summed E-state index contributed by atoms with van der Waals surface area (Å²) >= 11 is 0. The molecule has 0 saturated carbocycles. The average Bonchev–Trinajstić information content (AvgIpc) is 2.67. The highest BCUT2D eigenvalue weighted by Crippen LogP contribution is 2.47. The Balaban J connectivity index is 2.19. The van der Waals surface area contributed by atoms with Crippen molar-refractivity contribution < 1.29 is 19.4 Å². The zero-order valence-corrected chi connectivity index (χ0v) is 17.2. The SMILES string of the molecule is COc1ccc([C@H]2C(C(C)=O)=C(Nc3ccccc3)C[C@](C)(O)[C@@H]2C(C)=O)cc1. The number of aliphatic hydroxyl groups is 1. The number of nitrogens with one attached hydrogen (secondary N) is 1. The lowest BCUT2D eigenvalue weighted by Crippen LogP contribution is -2.48. The number of anilines is 1. The van der Waals surface area contributed by atoms with Gasteiger partial charge in [0.2, 0.25) is 0 Å². The van der Waals surface area contributed by atoms with Crippen LogP contribution in [-0.2, 0) is 9.59 Å². The summed E-state index contributed by atoms with van der Waals surface area (Å²) in [5.74, 6) is -0.854. The third kappa shape index (κ3) is 4.25. The lowest BCUT2D eigenvalue weighted by atomic mass is 9.64. The van der Waals surface area contributed by atoms with E-state index in [-0.39, 0.29) is 18.0 Å². The van der Waals surface area contributed by atoms with Gasteiger partial charge in [-0.15, -0.1) is 0 Å². The van der Waals surface area contributed by atoms with E-state index in [0.717, 1.165) is 11.3 Å². The molecule has 3 rings (SSSR count). The van der Waals surface area contributed by atoms with Crippen molar-refractivity contribution in [2.45, 2.75) is 38.7 Å². The zero-order valence-electron chi connectivity index (χ0n) is 17.2. The molecule has 0 aromatic heterocycles. The fourth-order valence-corrected chi connectivity index (χ4v) is 4.36. The molecule has 0 bridgehead atoms. The number of ether oxygens (including phenoxy) is 1. The quantitative estimate of drug-likeness (QED) is 0.773. The minimum atomic E-state index is -1.30.